The lowest BCUT2D eigenvalue weighted by atomic mass is 10.1. The van der Waals surface area contributed by atoms with E-state index >= 15 is 0 Å². The zero-order valence-electron chi connectivity index (χ0n) is 22.5. The Hall–Kier alpha value is -2.33. The second-order valence-corrected chi connectivity index (χ2v) is 12.9. The minimum atomic E-state index is -4.04. The van der Waals surface area contributed by atoms with Gasteiger partial charge in [0.1, 0.15) is 12.6 Å². The maximum Gasteiger partial charge on any atom is 0.304 e. The Morgan fingerprint density at radius 2 is 1.71 bits per heavy atom. The zero-order valence-corrected chi connectivity index (χ0v) is 24.8. The SMILES string of the molecule is Cc1ccc(C)c(N(CC(=O)N(Cc2ccc(Cl)cc2Cl)[C@@H](C)C(=O)NC2CCCC2)S(=O)(=O)N(C)C)c1. The Morgan fingerprint density at radius 1 is 1.05 bits per heavy atom. The van der Waals surface area contributed by atoms with Crippen molar-refractivity contribution in [2.45, 2.75) is 65.1 Å². The second kappa shape index (κ2) is 12.7. The van der Waals surface area contributed by atoms with E-state index in [0.29, 0.717) is 26.9 Å². The first-order valence-corrected chi connectivity index (χ1v) is 14.8. The molecule has 2 aromatic carbocycles. The molecule has 0 aromatic heterocycles. The van der Waals surface area contributed by atoms with Crippen molar-refractivity contribution in [2.75, 3.05) is 24.9 Å². The van der Waals surface area contributed by atoms with Crippen molar-refractivity contribution < 1.29 is 18.0 Å². The van der Waals surface area contributed by atoms with Crippen molar-refractivity contribution in [3.8, 4) is 0 Å². The van der Waals surface area contributed by atoms with E-state index in [0.717, 1.165) is 39.9 Å². The molecular weight excluding hydrogens is 547 g/mol. The molecule has 3 rings (SSSR count). The van der Waals surface area contributed by atoms with Gasteiger partial charge in [-0.3, -0.25) is 9.59 Å². The molecule has 0 unspecified atom stereocenters. The topological polar surface area (TPSA) is 90.0 Å². The highest BCUT2D eigenvalue weighted by molar-refractivity contribution is 7.90. The van der Waals surface area contributed by atoms with Crippen LogP contribution in [0.2, 0.25) is 10.0 Å². The van der Waals surface area contributed by atoms with Gasteiger partial charge >= 0.3 is 10.2 Å². The fraction of sp³-hybridized carbons (Fsp3) is 0.481. The summed E-state index contributed by atoms with van der Waals surface area (Å²) in [5, 5.41) is 3.85. The Labute approximate surface area is 236 Å². The molecule has 2 amide bonds. The van der Waals surface area contributed by atoms with Gasteiger partial charge in [0, 0.05) is 36.7 Å². The van der Waals surface area contributed by atoms with Gasteiger partial charge in [-0.2, -0.15) is 12.7 Å². The van der Waals surface area contributed by atoms with Crippen LogP contribution in [0.25, 0.3) is 0 Å². The second-order valence-electron chi connectivity index (χ2n) is 10.0. The molecule has 38 heavy (non-hydrogen) atoms. The van der Waals surface area contributed by atoms with Crippen LogP contribution in [0.15, 0.2) is 36.4 Å². The van der Waals surface area contributed by atoms with Crippen molar-refractivity contribution in [1.82, 2.24) is 14.5 Å². The molecule has 0 radical (unpaired) electrons. The molecule has 1 aliphatic rings. The van der Waals surface area contributed by atoms with Crippen LogP contribution in [-0.4, -0.2) is 62.2 Å². The number of aryl methyl sites for hydroxylation is 2. The van der Waals surface area contributed by atoms with Crippen LogP contribution < -0.4 is 9.62 Å². The third-order valence-corrected chi connectivity index (χ3v) is 9.27. The highest BCUT2D eigenvalue weighted by Crippen LogP contribution is 2.27. The van der Waals surface area contributed by atoms with Gasteiger partial charge < -0.3 is 10.2 Å². The van der Waals surface area contributed by atoms with E-state index in [4.69, 9.17) is 23.2 Å². The largest absolute Gasteiger partial charge is 0.352 e. The average Bonchev–Trinajstić information content (AvgIpc) is 3.36. The summed E-state index contributed by atoms with van der Waals surface area (Å²) in [6, 6.07) is 9.57. The van der Waals surface area contributed by atoms with E-state index < -0.39 is 28.7 Å². The van der Waals surface area contributed by atoms with Crippen molar-refractivity contribution in [2.24, 2.45) is 0 Å². The summed E-state index contributed by atoms with van der Waals surface area (Å²) in [4.78, 5) is 28.5. The molecule has 11 heteroatoms. The number of hydrogen-bond donors (Lipinski definition) is 1. The first-order chi connectivity index (χ1) is 17.8. The van der Waals surface area contributed by atoms with Gasteiger partial charge in [-0.15, -0.1) is 0 Å². The Morgan fingerprint density at radius 3 is 2.32 bits per heavy atom. The molecule has 1 fully saturated rings. The van der Waals surface area contributed by atoms with Crippen LogP contribution in [0.3, 0.4) is 0 Å². The summed E-state index contributed by atoms with van der Waals surface area (Å²) in [7, 11) is -1.20. The maximum atomic E-state index is 13.9. The highest BCUT2D eigenvalue weighted by atomic mass is 35.5. The van der Waals surface area contributed by atoms with Crippen molar-refractivity contribution in [3.63, 3.8) is 0 Å². The predicted octanol–water partition coefficient (Wildman–Crippen LogP) is 4.70. The van der Waals surface area contributed by atoms with Gasteiger partial charge in [0.2, 0.25) is 11.8 Å². The number of nitrogens with one attached hydrogen (secondary N) is 1. The molecule has 1 saturated carbocycles. The van der Waals surface area contributed by atoms with Crippen molar-refractivity contribution in [3.05, 3.63) is 63.1 Å². The lowest BCUT2D eigenvalue weighted by Crippen LogP contribution is -2.53. The maximum absolute atomic E-state index is 13.9. The molecule has 1 N–H and O–H groups in total. The number of rotatable bonds is 10. The molecule has 2 aromatic rings. The number of carbonyl (C=O) groups excluding carboxylic acids is 2. The minimum absolute atomic E-state index is 0.0107. The number of benzene rings is 2. The molecule has 8 nitrogen and oxygen atoms in total. The molecule has 0 heterocycles. The summed E-state index contributed by atoms with van der Waals surface area (Å²) < 4.78 is 29.0. The van der Waals surface area contributed by atoms with Gasteiger partial charge in [-0.1, -0.05) is 54.2 Å². The van der Waals surface area contributed by atoms with Crippen LogP contribution in [0.4, 0.5) is 5.69 Å². The quantitative estimate of drug-likeness (QED) is 0.439. The summed E-state index contributed by atoms with van der Waals surface area (Å²) in [6.45, 7) is 4.82. The van der Waals surface area contributed by atoms with E-state index in [9.17, 15) is 18.0 Å². The summed E-state index contributed by atoms with van der Waals surface area (Å²) >= 11 is 12.5. The van der Waals surface area contributed by atoms with Gasteiger partial charge in [0.25, 0.3) is 0 Å². The van der Waals surface area contributed by atoms with Gasteiger partial charge in [0.05, 0.1) is 5.69 Å². The first-order valence-electron chi connectivity index (χ1n) is 12.6. The van der Waals surface area contributed by atoms with Crippen LogP contribution in [-0.2, 0) is 26.3 Å². The van der Waals surface area contributed by atoms with E-state index in [1.165, 1.54) is 19.0 Å². The molecule has 1 aliphatic carbocycles. The smallest absolute Gasteiger partial charge is 0.304 e. The van der Waals surface area contributed by atoms with Crippen LogP contribution in [0.1, 0.15) is 49.3 Å². The number of hydrogen-bond acceptors (Lipinski definition) is 4. The fourth-order valence-electron chi connectivity index (χ4n) is 4.50. The normalized spacial score (nSPS) is 14.9. The third kappa shape index (κ3) is 7.20. The average molecular weight is 584 g/mol. The van der Waals surface area contributed by atoms with Gasteiger partial charge in [-0.25, -0.2) is 4.31 Å². The highest BCUT2D eigenvalue weighted by Gasteiger charge is 2.34. The Balaban J connectivity index is 1.99. The standard InChI is InChI=1S/C27H36Cl2N4O4S/c1-18-10-11-19(2)25(14-18)33(38(36,37)31(4)5)17-26(34)32(16-21-12-13-22(28)15-24(21)29)20(3)27(35)30-23-8-6-7-9-23/h10-15,20,23H,6-9,16-17H2,1-5H3,(H,30,35)/t20-/m0/s1. The predicted molar refractivity (Wildman–Crippen MR) is 153 cm³/mol. The number of anilines is 1. The molecule has 0 saturated heterocycles. The van der Waals surface area contributed by atoms with Gasteiger partial charge in [0.15, 0.2) is 0 Å². The number of amides is 2. The van der Waals surface area contributed by atoms with E-state index in [1.54, 1.807) is 38.1 Å². The minimum Gasteiger partial charge on any atom is -0.352 e. The lowest BCUT2D eigenvalue weighted by Gasteiger charge is -2.34. The van der Waals surface area contributed by atoms with E-state index in [1.807, 2.05) is 19.1 Å². The first kappa shape index (κ1) is 30.2. The monoisotopic (exact) mass is 582 g/mol. The number of nitrogens with zero attached hydrogens (tertiary/aromatic N) is 3. The van der Waals surface area contributed by atoms with Gasteiger partial charge in [-0.05, 0) is 68.5 Å². The fourth-order valence-corrected chi connectivity index (χ4v) is 6.08. The molecular formula is C27H36Cl2N4O4S. The number of halogens is 2. The van der Waals surface area contributed by atoms with E-state index in [-0.39, 0.29) is 18.5 Å². The Bertz CT molecular complexity index is 1280. The van der Waals surface area contributed by atoms with Crippen LogP contribution in [0, 0.1) is 13.8 Å². The van der Waals surface area contributed by atoms with Crippen molar-refractivity contribution >= 4 is 50.9 Å². The third-order valence-electron chi connectivity index (χ3n) is 6.88. The van der Waals surface area contributed by atoms with E-state index in [2.05, 4.69) is 5.32 Å². The summed E-state index contributed by atoms with van der Waals surface area (Å²) in [5.74, 6) is -0.819. The zero-order chi connectivity index (χ0) is 28.2. The number of carbonyl (C=O) groups is 2. The van der Waals surface area contributed by atoms with Crippen LogP contribution in [0.5, 0.6) is 0 Å². The van der Waals surface area contributed by atoms with Crippen LogP contribution >= 0.6 is 23.2 Å². The molecule has 0 aliphatic heterocycles. The Kier molecular flexibility index (Phi) is 10.1. The summed E-state index contributed by atoms with van der Waals surface area (Å²) in [6.07, 6.45) is 3.90. The molecule has 1 atom stereocenters. The summed E-state index contributed by atoms with van der Waals surface area (Å²) in [5.41, 5.74) is 2.55. The van der Waals surface area contributed by atoms with Crippen molar-refractivity contribution in [1.29, 1.82) is 0 Å². The molecule has 208 valence electrons. The molecule has 0 bridgehead atoms. The lowest BCUT2D eigenvalue weighted by molar-refractivity contribution is -0.139. The molecule has 0 spiro atoms.